The first-order valence-corrected chi connectivity index (χ1v) is 7.00. The summed E-state index contributed by atoms with van der Waals surface area (Å²) >= 11 is 5.76. The molecule has 2 heterocycles. The smallest absolute Gasteiger partial charge is 0.0469 e. The van der Waals surface area contributed by atoms with Crippen molar-refractivity contribution < 1.29 is 4.74 Å². The van der Waals surface area contributed by atoms with Crippen LogP contribution in [0.5, 0.6) is 0 Å². The minimum absolute atomic E-state index is 0.764. The number of ether oxygens (including phenoxy) is 1. The van der Waals surface area contributed by atoms with Crippen LogP contribution >= 0.6 is 11.6 Å². The number of hydrogen-bond donors (Lipinski definition) is 0. The summed E-state index contributed by atoms with van der Waals surface area (Å²) in [5, 5.41) is 0. The van der Waals surface area contributed by atoms with E-state index in [1.165, 1.54) is 45.6 Å². The van der Waals surface area contributed by atoms with Crippen molar-refractivity contribution in [3.8, 4) is 0 Å². The average Bonchev–Trinajstić information content (AvgIpc) is 2.33. The maximum absolute atomic E-state index is 5.76. The highest BCUT2D eigenvalue weighted by Gasteiger charge is 2.21. The molecule has 0 bridgehead atoms. The molecule has 4 heteroatoms. The van der Waals surface area contributed by atoms with Crippen LogP contribution in [0.1, 0.15) is 12.8 Å². The van der Waals surface area contributed by atoms with Gasteiger partial charge < -0.3 is 9.64 Å². The zero-order chi connectivity index (χ0) is 11.2. The molecule has 2 aliphatic heterocycles. The molecule has 2 rings (SSSR count). The third kappa shape index (κ3) is 3.88. The van der Waals surface area contributed by atoms with E-state index in [1.807, 2.05) is 0 Å². The van der Waals surface area contributed by atoms with Gasteiger partial charge in [0, 0.05) is 58.4 Å². The van der Waals surface area contributed by atoms with E-state index >= 15 is 0 Å². The van der Waals surface area contributed by atoms with E-state index in [-0.39, 0.29) is 0 Å². The molecular formula is C12H23ClN2O. The second kappa shape index (κ2) is 6.80. The molecule has 0 N–H and O–H groups in total. The van der Waals surface area contributed by atoms with Gasteiger partial charge in [-0.2, -0.15) is 0 Å². The molecule has 0 unspecified atom stereocenters. The van der Waals surface area contributed by atoms with Crippen LogP contribution in [0.3, 0.4) is 0 Å². The van der Waals surface area contributed by atoms with Crippen molar-refractivity contribution in [1.29, 1.82) is 0 Å². The summed E-state index contributed by atoms with van der Waals surface area (Å²) in [6, 6.07) is 0. The lowest BCUT2D eigenvalue weighted by molar-refractivity contribution is 0.0429. The molecule has 16 heavy (non-hydrogen) atoms. The van der Waals surface area contributed by atoms with Gasteiger partial charge in [0.05, 0.1) is 0 Å². The highest BCUT2D eigenvalue weighted by Crippen LogP contribution is 2.16. The van der Waals surface area contributed by atoms with Crippen molar-refractivity contribution in [2.45, 2.75) is 12.8 Å². The molecule has 0 atom stereocenters. The van der Waals surface area contributed by atoms with E-state index in [0.29, 0.717) is 0 Å². The molecule has 0 radical (unpaired) electrons. The van der Waals surface area contributed by atoms with Crippen LogP contribution in [0.15, 0.2) is 0 Å². The van der Waals surface area contributed by atoms with E-state index in [1.54, 1.807) is 0 Å². The number of alkyl halides is 1. The van der Waals surface area contributed by atoms with E-state index < -0.39 is 0 Å². The average molecular weight is 247 g/mol. The molecule has 0 spiro atoms. The first kappa shape index (κ1) is 12.6. The van der Waals surface area contributed by atoms with Crippen molar-refractivity contribution in [3.05, 3.63) is 0 Å². The Morgan fingerprint density at radius 2 is 1.62 bits per heavy atom. The molecule has 2 aliphatic rings. The summed E-state index contributed by atoms with van der Waals surface area (Å²) < 4.78 is 5.40. The Hall–Kier alpha value is 0.170. The third-order valence-corrected chi connectivity index (χ3v) is 3.89. The molecule has 2 saturated heterocycles. The monoisotopic (exact) mass is 246 g/mol. The Kier molecular flexibility index (Phi) is 5.36. The van der Waals surface area contributed by atoms with E-state index in [9.17, 15) is 0 Å². The van der Waals surface area contributed by atoms with Crippen LogP contribution < -0.4 is 0 Å². The van der Waals surface area contributed by atoms with Gasteiger partial charge in [-0.05, 0) is 18.8 Å². The topological polar surface area (TPSA) is 15.7 Å². The van der Waals surface area contributed by atoms with Crippen LogP contribution in [-0.2, 0) is 4.74 Å². The minimum Gasteiger partial charge on any atom is -0.381 e. The summed E-state index contributed by atoms with van der Waals surface area (Å²) in [6.07, 6.45) is 2.50. The molecule has 0 aromatic heterocycles. The highest BCUT2D eigenvalue weighted by atomic mass is 35.5. The van der Waals surface area contributed by atoms with Gasteiger partial charge in [0.15, 0.2) is 0 Å². The molecule has 0 aromatic rings. The van der Waals surface area contributed by atoms with Crippen LogP contribution in [0.25, 0.3) is 0 Å². The Morgan fingerprint density at radius 3 is 2.25 bits per heavy atom. The Morgan fingerprint density at radius 1 is 1.00 bits per heavy atom. The predicted octanol–water partition coefficient (Wildman–Crippen LogP) is 1.27. The van der Waals surface area contributed by atoms with Crippen molar-refractivity contribution in [3.63, 3.8) is 0 Å². The fraction of sp³-hybridized carbons (Fsp3) is 1.00. The third-order valence-electron chi connectivity index (χ3n) is 3.72. The van der Waals surface area contributed by atoms with Gasteiger partial charge in [-0.25, -0.2) is 0 Å². The first-order chi connectivity index (χ1) is 7.88. The molecule has 0 aromatic carbocycles. The maximum Gasteiger partial charge on any atom is 0.0469 e. The number of nitrogens with zero attached hydrogens (tertiary/aromatic N) is 2. The fourth-order valence-electron chi connectivity index (χ4n) is 2.61. The van der Waals surface area contributed by atoms with Gasteiger partial charge in [0.25, 0.3) is 0 Å². The Balaban J connectivity index is 1.64. The van der Waals surface area contributed by atoms with Gasteiger partial charge >= 0.3 is 0 Å². The first-order valence-electron chi connectivity index (χ1n) is 6.47. The van der Waals surface area contributed by atoms with Crippen molar-refractivity contribution in [2.75, 3.05) is 58.4 Å². The van der Waals surface area contributed by atoms with Gasteiger partial charge in [0.1, 0.15) is 0 Å². The minimum atomic E-state index is 0.764. The highest BCUT2D eigenvalue weighted by molar-refractivity contribution is 6.18. The second-order valence-corrected chi connectivity index (χ2v) is 5.26. The van der Waals surface area contributed by atoms with Gasteiger partial charge in [-0.15, -0.1) is 11.6 Å². The summed E-state index contributed by atoms with van der Waals surface area (Å²) in [4.78, 5) is 5.08. The standard InChI is InChI=1S/C12H23ClN2O/c13-3-4-14-5-7-15(8-6-14)11-12-1-9-16-10-2-12/h12H,1-11H2. The zero-order valence-electron chi connectivity index (χ0n) is 10.0. The van der Waals surface area contributed by atoms with Crippen molar-refractivity contribution in [1.82, 2.24) is 9.80 Å². The maximum atomic E-state index is 5.76. The Bertz CT molecular complexity index is 189. The summed E-state index contributed by atoms with van der Waals surface area (Å²) in [6.45, 7) is 9.08. The van der Waals surface area contributed by atoms with Gasteiger partial charge in [-0.1, -0.05) is 0 Å². The fourth-order valence-corrected chi connectivity index (χ4v) is 2.85. The van der Waals surface area contributed by atoms with Crippen molar-refractivity contribution in [2.24, 2.45) is 5.92 Å². The number of halogens is 1. The Labute approximate surface area is 104 Å². The molecule has 94 valence electrons. The van der Waals surface area contributed by atoms with Crippen LogP contribution in [0.2, 0.25) is 0 Å². The SMILES string of the molecule is ClCCN1CCN(CC2CCOCC2)CC1. The largest absolute Gasteiger partial charge is 0.381 e. The van der Waals surface area contributed by atoms with Gasteiger partial charge in [0.2, 0.25) is 0 Å². The van der Waals surface area contributed by atoms with Crippen LogP contribution in [0, 0.1) is 5.92 Å². The quantitative estimate of drug-likeness (QED) is 0.695. The van der Waals surface area contributed by atoms with E-state index in [4.69, 9.17) is 16.3 Å². The molecule has 0 amide bonds. The number of hydrogen-bond acceptors (Lipinski definition) is 3. The van der Waals surface area contributed by atoms with E-state index in [2.05, 4.69) is 9.80 Å². The zero-order valence-corrected chi connectivity index (χ0v) is 10.8. The lowest BCUT2D eigenvalue weighted by atomic mass is 9.99. The molecular weight excluding hydrogens is 224 g/mol. The predicted molar refractivity (Wildman–Crippen MR) is 67.1 cm³/mol. The summed E-state index contributed by atoms with van der Waals surface area (Å²) in [5.41, 5.74) is 0. The van der Waals surface area contributed by atoms with Gasteiger partial charge in [-0.3, -0.25) is 4.90 Å². The van der Waals surface area contributed by atoms with Crippen LogP contribution in [0.4, 0.5) is 0 Å². The lowest BCUT2D eigenvalue weighted by Gasteiger charge is -2.36. The van der Waals surface area contributed by atoms with E-state index in [0.717, 1.165) is 31.6 Å². The second-order valence-electron chi connectivity index (χ2n) is 4.89. The molecule has 0 saturated carbocycles. The number of piperazine rings is 1. The lowest BCUT2D eigenvalue weighted by Crippen LogP contribution is -2.48. The van der Waals surface area contributed by atoms with Crippen molar-refractivity contribution >= 4 is 11.6 Å². The molecule has 2 fully saturated rings. The molecule has 3 nitrogen and oxygen atoms in total. The number of rotatable bonds is 4. The van der Waals surface area contributed by atoms with Crippen LogP contribution in [-0.4, -0.2) is 68.2 Å². The summed E-state index contributed by atoms with van der Waals surface area (Å²) in [5.74, 6) is 1.63. The normalized spacial score (nSPS) is 26.1. The summed E-state index contributed by atoms with van der Waals surface area (Å²) in [7, 11) is 0. The molecule has 0 aliphatic carbocycles.